The second-order valence-electron chi connectivity index (χ2n) is 5.95. The van der Waals surface area contributed by atoms with E-state index in [1.165, 1.54) is 6.20 Å². The van der Waals surface area contributed by atoms with Gasteiger partial charge in [0.1, 0.15) is 5.60 Å². The molecule has 0 atom stereocenters. The summed E-state index contributed by atoms with van der Waals surface area (Å²) in [5.41, 5.74) is 3.71. The van der Waals surface area contributed by atoms with Crippen molar-refractivity contribution in [3.63, 3.8) is 0 Å². The Hall–Kier alpha value is -2.71. The predicted molar refractivity (Wildman–Crippen MR) is 81.2 cm³/mol. The molecule has 9 heteroatoms. The number of aromatic nitrogens is 1. The van der Waals surface area contributed by atoms with Gasteiger partial charge in [0.15, 0.2) is 5.76 Å². The summed E-state index contributed by atoms with van der Waals surface area (Å²) in [5.74, 6) is 0.118. The second kappa shape index (κ2) is 6.06. The fourth-order valence-corrected chi connectivity index (χ4v) is 1.86. The number of oxazole rings is 1. The van der Waals surface area contributed by atoms with Crippen LogP contribution in [-0.4, -0.2) is 16.7 Å². The number of carbonyl (C=O) groups is 1. The lowest BCUT2D eigenvalue weighted by Crippen LogP contribution is -2.27. The molecule has 0 fully saturated rings. The Bertz CT molecular complexity index is 748. The zero-order valence-corrected chi connectivity index (χ0v) is 13.2. The molecular weight excluding hydrogens is 327 g/mol. The van der Waals surface area contributed by atoms with Crippen molar-refractivity contribution >= 4 is 17.8 Å². The third kappa shape index (κ3) is 4.40. The van der Waals surface area contributed by atoms with Gasteiger partial charge in [-0.2, -0.15) is 13.2 Å². The molecule has 1 amide bonds. The van der Waals surface area contributed by atoms with Gasteiger partial charge in [-0.05, 0) is 39.0 Å². The number of carbonyl (C=O) groups excluding carboxylic acids is 1. The van der Waals surface area contributed by atoms with Gasteiger partial charge >= 0.3 is 12.3 Å². The lowest BCUT2D eigenvalue weighted by Gasteiger charge is -2.20. The van der Waals surface area contributed by atoms with Crippen LogP contribution in [0.4, 0.5) is 29.7 Å². The monoisotopic (exact) mass is 343 g/mol. The van der Waals surface area contributed by atoms with Gasteiger partial charge in [0.2, 0.25) is 0 Å². The summed E-state index contributed by atoms with van der Waals surface area (Å²) in [7, 11) is 0. The number of alkyl halides is 3. The van der Waals surface area contributed by atoms with Gasteiger partial charge in [-0.1, -0.05) is 0 Å². The van der Waals surface area contributed by atoms with E-state index in [1.807, 2.05) is 0 Å². The number of nitrogens with zero attached hydrogens (tertiary/aromatic N) is 1. The SMILES string of the molecule is CC(C)(C)OC(=O)Nc1cc(C(F)(F)F)ccc1-c1cnc(N)o1. The highest BCUT2D eigenvalue weighted by atomic mass is 19.4. The van der Waals surface area contributed by atoms with Gasteiger partial charge in [0.25, 0.3) is 6.01 Å². The first-order valence-electron chi connectivity index (χ1n) is 6.88. The molecule has 0 saturated heterocycles. The molecule has 0 unspecified atom stereocenters. The number of ether oxygens (including phenoxy) is 1. The minimum atomic E-state index is -4.57. The molecule has 2 aromatic rings. The molecule has 1 heterocycles. The maximum atomic E-state index is 12.9. The van der Waals surface area contributed by atoms with Gasteiger partial charge in [-0.25, -0.2) is 9.78 Å². The van der Waals surface area contributed by atoms with Crippen LogP contribution in [0.3, 0.4) is 0 Å². The molecule has 130 valence electrons. The highest BCUT2D eigenvalue weighted by Crippen LogP contribution is 2.36. The quantitative estimate of drug-likeness (QED) is 0.849. The lowest BCUT2D eigenvalue weighted by atomic mass is 10.1. The Morgan fingerprint density at radius 1 is 1.29 bits per heavy atom. The van der Waals surface area contributed by atoms with Crippen molar-refractivity contribution in [2.75, 3.05) is 11.1 Å². The minimum Gasteiger partial charge on any atom is -0.444 e. The van der Waals surface area contributed by atoms with Gasteiger partial charge in [-0.3, -0.25) is 5.32 Å². The molecule has 0 aliphatic rings. The first-order chi connectivity index (χ1) is 11.0. The minimum absolute atomic E-state index is 0.118. The number of hydrogen-bond acceptors (Lipinski definition) is 5. The number of halogens is 3. The number of amides is 1. The third-order valence-electron chi connectivity index (χ3n) is 2.77. The number of benzene rings is 1. The highest BCUT2D eigenvalue weighted by Gasteiger charge is 2.32. The molecule has 6 nitrogen and oxygen atoms in total. The van der Waals surface area contributed by atoms with Crippen LogP contribution < -0.4 is 11.1 Å². The molecule has 0 aliphatic heterocycles. The third-order valence-corrected chi connectivity index (χ3v) is 2.77. The lowest BCUT2D eigenvalue weighted by molar-refractivity contribution is -0.137. The average molecular weight is 343 g/mol. The van der Waals surface area contributed by atoms with E-state index in [0.717, 1.165) is 18.2 Å². The van der Waals surface area contributed by atoms with E-state index in [9.17, 15) is 18.0 Å². The number of hydrogen-bond donors (Lipinski definition) is 2. The van der Waals surface area contributed by atoms with E-state index >= 15 is 0 Å². The number of anilines is 2. The van der Waals surface area contributed by atoms with Crippen LogP contribution in [-0.2, 0) is 10.9 Å². The van der Waals surface area contributed by atoms with Gasteiger partial charge in [0, 0.05) is 5.56 Å². The first kappa shape index (κ1) is 17.6. The molecule has 2 rings (SSSR count). The van der Waals surface area contributed by atoms with E-state index in [-0.39, 0.29) is 23.0 Å². The van der Waals surface area contributed by atoms with Crippen molar-refractivity contribution < 1.29 is 27.1 Å². The molecule has 24 heavy (non-hydrogen) atoms. The van der Waals surface area contributed by atoms with Crippen LogP contribution in [0.1, 0.15) is 26.3 Å². The summed E-state index contributed by atoms with van der Waals surface area (Å²) in [6, 6.07) is 2.68. The molecule has 0 bridgehead atoms. The normalized spacial score (nSPS) is 12.1. The summed E-state index contributed by atoms with van der Waals surface area (Å²) in [6.07, 6.45) is -4.21. The van der Waals surface area contributed by atoms with Crippen molar-refractivity contribution in [3.8, 4) is 11.3 Å². The van der Waals surface area contributed by atoms with Crippen LogP contribution in [0.5, 0.6) is 0 Å². The number of nitrogens with two attached hydrogens (primary N) is 1. The van der Waals surface area contributed by atoms with E-state index in [0.29, 0.717) is 0 Å². The Labute approximate surface area is 135 Å². The molecule has 0 spiro atoms. The van der Waals surface area contributed by atoms with Gasteiger partial charge in [-0.15, -0.1) is 0 Å². The van der Waals surface area contributed by atoms with E-state index < -0.39 is 23.4 Å². The van der Waals surface area contributed by atoms with Crippen LogP contribution in [0.25, 0.3) is 11.3 Å². The summed E-state index contributed by atoms with van der Waals surface area (Å²) in [6.45, 7) is 4.91. The van der Waals surface area contributed by atoms with E-state index in [1.54, 1.807) is 20.8 Å². The predicted octanol–water partition coefficient (Wildman–Crippen LogP) is 4.29. The summed E-state index contributed by atoms with van der Waals surface area (Å²) in [4.78, 5) is 15.6. The number of rotatable bonds is 2. The Morgan fingerprint density at radius 2 is 1.96 bits per heavy atom. The molecule has 0 saturated carbocycles. The standard InChI is InChI=1S/C15H16F3N3O3/c1-14(2,3)24-13(22)21-10-6-8(15(16,17)18)4-5-9(10)11-7-20-12(19)23-11/h4-7H,1-3H3,(H2,19,20)(H,21,22). The van der Waals surface area contributed by atoms with Crippen LogP contribution in [0, 0.1) is 0 Å². The highest BCUT2D eigenvalue weighted by molar-refractivity contribution is 5.91. The van der Waals surface area contributed by atoms with Gasteiger partial charge < -0.3 is 14.9 Å². The molecule has 0 radical (unpaired) electrons. The summed E-state index contributed by atoms with van der Waals surface area (Å²) >= 11 is 0. The van der Waals surface area contributed by atoms with Crippen molar-refractivity contribution in [2.45, 2.75) is 32.5 Å². The van der Waals surface area contributed by atoms with Crippen molar-refractivity contribution in [2.24, 2.45) is 0 Å². The van der Waals surface area contributed by atoms with E-state index in [2.05, 4.69) is 10.3 Å². The zero-order chi connectivity index (χ0) is 18.1. The van der Waals surface area contributed by atoms with Crippen LogP contribution in [0.2, 0.25) is 0 Å². The Balaban J connectivity index is 2.42. The van der Waals surface area contributed by atoms with E-state index in [4.69, 9.17) is 14.9 Å². The van der Waals surface area contributed by atoms with Crippen molar-refractivity contribution in [1.82, 2.24) is 4.98 Å². The smallest absolute Gasteiger partial charge is 0.416 e. The maximum Gasteiger partial charge on any atom is 0.416 e. The second-order valence-corrected chi connectivity index (χ2v) is 5.95. The largest absolute Gasteiger partial charge is 0.444 e. The maximum absolute atomic E-state index is 12.9. The fourth-order valence-electron chi connectivity index (χ4n) is 1.86. The molecule has 1 aromatic carbocycles. The zero-order valence-electron chi connectivity index (χ0n) is 13.2. The van der Waals surface area contributed by atoms with Crippen molar-refractivity contribution in [3.05, 3.63) is 30.0 Å². The fraction of sp³-hybridized carbons (Fsp3) is 0.333. The molecule has 0 aliphatic carbocycles. The molecule has 3 N–H and O–H groups in total. The van der Waals surface area contributed by atoms with Crippen LogP contribution >= 0.6 is 0 Å². The van der Waals surface area contributed by atoms with Crippen LogP contribution in [0.15, 0.2) is 28.8 Å². The number of nitrogens with one attached hydrogen (secondary N) is 1. The Morgan fingerprint density at radius 3 is 2.46 bits per heavy atom. The van der Waals surface area contributed by atoms with Gasteiger partial charge in [0.05, 0.1) is 17.4 Å². The van der Waals surface area contributed by atoms with Crippen molar-refractivity contribution in [1.29, 1.82) is 0 Å². The molecular formula is C15H16F3N3O3. The first-order valence-corrected chi connectivity index (χ1v) is 6.88. The topological polar surface area (TPSA) is 90.4 Å². The molecule has 1 aromatic heterocycles. The Kier molecular flexibility index (Phi) is 4.46. The average Bonchev–Trinajstić information content (AvgIpc) is 2.81. The summed E-state index contributed by atoms with van der Waals surface area (Å²) in [5, 5.41) is 2.30. The summed E-state index contributed by atoms with van der Waals surface area (Å²) < 4.78 is 48.9. The number of nitrogen functional groups attached to an aromatic ring is 1.